The molecule has 112 valence electrons. The van der Waals surface area contributed by atoms with E-state index >= 15 is 0 Å². The standard InChI is InChI=1S/C14H28N2O2S/c1-12-4-6-13(7-5-12)16(2)14(10-15)8-3-9-19(17,18)11-14/h12-13H,3-11,15H2,1-2H3. The molecule has 1 atom stereocenters. The molecule has 0 spiro atoms. The molecule has 1 heterocycles. The summed E-state index contributed by atoms with van der Waals surface area (Å²) < 4.78 is 24.0. The predicted octanol–water partition coefficient (Wildman–Crippen LogP) is 1.40. The minimum Gasteiger partial charge on any atom is -0.329 e. The molecule has 0 amide bonds. The molecule has 1 aliphatic heterocycles. The summed E-state index contributed by atoms with van der Waals surface area (Å²) in [6.45, 7) is 2.76. The Morgan fingerprint density at radius 1 is 1.26 bits per heavy atom. The lowest BCUT2D eigenvalue weighted by molar-refractivity contribution is 0.0556. The normalized spacial score (nSPS) is 39.4. The summed E-state index contributed by atoms with van der Waals surface area (Å²) in [6, 6.07) is 0.507. The van der Waals surface area contributed by atoms with Crippen molar-refractivity contribution < 1.29 is 8.42 Å². The number of likely N-dealkylation sites (N-methyl/N-ethyl adjacent to an activating group) is 1. The van der Waals surface area contributed by atoms with Crippen molar-refractivity contribution in [3.8, 4) is 0 Å². The smallest absolute Gasteiger partial charge is 0.152 e. The molecule has 1 saturated heterocycles. The van der Waals surface area contributed by atoms with Crippen LogP contribution in [0.1, 0.15) is 45.4 Å². The monoisotopic (exact) mass is 288 g/mol. The zero-order valence-corrected chi connectivity index (χ0v) is 13.1. The quantitative estimate of drug-likeness (QED) is 0.853. The predicted molar refractivity (Wildman–Crippen MR) is 78.9 cm³/mol. The molecule has 1 aliphatic carbocycles. The Kier molecular flexibility index (Phi) is 4.58. The molecule has 2 fully saturated rings. The van der Waals surface area contributed by atoms with Gasteiger partial charge in [0.25, 0.3) is 0 Å². The summed E-state index contributed by atoms with van der Waals surface area (Å²) in [7, 11) is -0.827. The average Bonchev–Trinajstić information content (AvgIpc) is 2.37. The maximum Gasteiger partial charge on any atom is 0.152 e. The number of hydrogen-bond acceptors (Lipinski definition) is 4. The van der Waals surface area contributed by atoms with Crippen LogP contribution in [-0.4, -0.2) is 50.0 Å². The van der Waals surface area contributed by atoms with E-state index in [0.29, 0.717) is 18.3 Å². The third-order valence-electron chi connectivity index (χ3n) is 5.25. The first-order valence-electron chi connectivity index (χ1n) is 7.52. The minimum atomic E-state index is -2.92. The molecule has 0 aromatic rings. The first-order chi connectivity index (χ1) is 8.88. The van der Waals surface area contributed by atoms with Crippen LogP contribution in [0.5, 0.6) is 0 Å². The third-order valence-corrected chi connectivity index (χ3v) is 7.14. The van der Waals surface area contributed by atoms with Crippen molar-refractivity contribution in [1.82, 2.24) is 4.90 Å². The highest BCUT2D eigenvalue weighted by Gasteiger charge is 2.43. The molecule has 0 radical (unpaired) electrons. The third kappa shape index (κ3) is 3.31. The van der Waals surface area contributed by atoms with Gasteiger partial charge < -0.3 is 5.73 Å². The van der Waals surface area contributed by atoms with Crippen LogP contribution in [0.2, 0.25) is 0 Å². The van der Waals surface area contributed by atoms with Crippen LogP contribution < -0.4 is 5.73 Å². The molecule has 1 unspecified atom stereocenters. The average molecular weight is 288 g/mol. The van der Waals surface area contributed by atoms with Crippen molar-refractivity contribution in [2.75, 3.05) is 25.1 Å². The van der Waals surface area contributed by atoms with Gasteiger partial charge in [-0.2, -0.15) is 0 Å². The first-order valence-corrected chi connectivity index (χ1v) is 9.34. The first kappa shape index (κ1) is 15.3. The SMILES string of the molecule is CC1CCC(N(C)C2(CN)CCCS(=O)(=O)C2)CC1. The van der Waals surface area contributed by atoms with Crippen LogP contribution in [0.3, 0.4) is 0 Å². The topological polar surface area (TPSA) is 63.4 Å². The van der Waals surface area contributed by atoms with Gasteiger partial charge in [-0.25, -0.2) is 8.42 Å². The van der Waals surface area contributed by atoms with Gasteiger partial charge in [0.05, 0.1) is 11.5 Å². The lowest BCUT2D eigenvalue weighted by Crippen LogP contribution is -2.61. The second kappa shape index (κ2) is 5.70. The fraction of sp³-hybridized carbons (Fsp3) is 1.00. The summed E-state index contributed by atoms with van der Waals surface area (Å²) in [5.74, 6) is 1.40. The van der Waals surface area contributed by atoms with Gasteiger partial charge >= 0.3 is 0 Å². The van der Waals surface area contributed by atoms with Gasteiger partial charge in [-0.15, -0.1) is 0 Å². The van der Waals surface area contributed by atoms with Gasteiger partial charge in [0.1, 0.15) is 0 Å². The van der Waals surface area contributed by atoms with Crippen molar-refractivity contribution >= 4 is 9.84 Å². The molecule has 0 aromatic carbocycles. The molecule has 5 heteroatoms. The highest BCUT2D eigenvalue weighted by atomic mass is 32.2. The fourth-order valence-electron chi connectivity index (χ4n) is 3.78. The Labute approximate surface area is 117 Å². The van der Waals surface area contributed by atoms with Crippen molar-refractivity contribution in [3.05, 3.63) is 0 Å². The van der Waals surface area contributed by atoms with Gasteiger partial charge in [0.15, 0.2) is 9.84 Å². The van der Waals surface area contributed by atoms with E-state index in [1.54, 1.807) is 0 Å². The van der Waals surface area contributed by atoms with Gasteiger partial charge in [-0.1, -0.05) is 6.92 Å². The van der Waals surface area contributed by atoms with Gasteiger partial charge in [-0.3, -0.25) is 4.90 Å². The Bertz CT molecular complexity index is 402. The maximum atomic E-state index is 12.0. The maximum absolute atomic E-state index is 12.0. The van der Waals surface area contributed by atoms with Crippen LogP contribution in [0.4, 0.5) is 0 Å². The summed E-state index contributed by atoms with van der Waals surface area (Å²) in [5, 5.41) is 0. The van der Waals surface area contributed by atoms with E-state index in [-0.39, 0.29) is 11.3 Å². The molecule has 4 nitrogen and oxygen atoms in total. The number of rotatable bonds is 3. The molecule has 2 rings (SSSR count). The van der Waals surface area contributed by atoms with Crippen LogP contribution in [0.15, 0.2) is 0 Å². The molecule has 19 heavy (non-hydrogen) atoms. The van der Waals surface area contributed by atoms with Crippen molar-refractivity contribution in [2.45, 2.75) is 57.0 Å². The summed E-state index contributed by atoms with van der Waals surface area (Å²) in [5.41, 5.74) is 5.67. The van der Waals surface area contributed by atoms with Crippen LogP contribution in [0.25, 0.3) is 0 Å². The summed E-state index contributed by atoms with van der Waals surface area (Å²) in [4.78, 5) is 2.32. The zero-order valence-electron chi connectivity index (χ0n) is 12.3. The van der Waals surface area contributed by atoms with Gasteiger partial charge in [0, 0.05) is 18.1 Å². The van der Waals surface area contributed by atoms with Crippen molar-refractivity contribution in [3.63, 3.8) is 0 Å². The Balaban J connectivity index is 2.12. The van der Waals surface area contributed by atoms with E-state index in [1.807, 2.05) is 0 Å². The highest BCUT2D eigenvalue weighted by molar-refractivity contribution is 7.91. The highest BCUT2D eigenvalue weighted by Crippen LogP contribution is 2.34. The Morgan fingerprint density at radius 3 is 2.42 bits per heavy atom. The van der Waals surface area contributed by atoms with E-state index in [2.05, 4.69) is 18.9 Å². The Hall–Kier alpha value is -0.130. The molecule has 2 aliphatic rings. The second-order valence-corrected chi connectivity index (χ2v) is 8.83. The number of hydrogen-bond donors (Lipinski definition) is 1. The summed E-state index contributed by atoms with van der Waals surface area (Å²) in [6.07, 6.45) is 6.54. The zero-order chi connectivity index (χ0) is 14.1. The lowest BCUT2D eigenvalue weighted by Gasteiger charge is -2.48. The van der Waals surface area contributed by atoms with E-state index in [1.165, 1.54) is 25.7 Å². The van der Waals surface area contributed by atoms with E-state index in [0.717, 1.165) is 18.8 Å². The molecule has 2 N–H and O–H groups in total. The molecule has 1 saturated carbocycles. The minimum absolute atomic E-state index is 0.249. The Morgan fingerprint density at radius 2 is 1.89 bits per heavy atom. The van der Waals surface area contributed by atoms with E-state index in [9.17, 15) is 8.42 Å². The summed E-state index contributed by atoms with van der Waals surface area (Å²) >= 11 is 0. The van der Waals surface area contributed by atoms with Crippen molar-refractivity contribution in [1.29, 1.82) is 0 Å². The molecular formula is C14H28N2O2S. The van der Waals surface area contributed by atoms with Crippen LogP contribution in [0, 0.1) is 5.92 Å². The van der Waals surface area contributed by atoms with Crippen LogP contribution >= 0.6 is 0 Å². The van der Waals surface area contributed by atoms with E-state index in [4.69, 9.17) is 5.73 Å². The number of nitrogens with zero attached hydrogens (tertiary/aromatic N) is 1. The molecule has 0 bridgehead atoms. The van der Waals surface area contributed by atoms with E-state index < -0.39 is 9.84 Å². The fourth-order valence-corrected chi connectivity index (χ4v) is 5.79. The molecule has 0 aromatic heterocycles. The second-order valence-electron chi connectivity index (χ2n) is 6.65. The largest absolute Gasteiger partial charge is 0.329 e. The lowest BCUT2D eigenvalue weighted by atomic mass is 9.83. The van der Waals surface area contributed by atoms with Crippen LogP contribution in [-0.2, 0) is 9.84 Å². The number of sulfone groups is 1. The van der Waals surface area contributed by atoms with Gasteiger partial charge in [0.2, 0.25) is 0 Å². The number of nitrogens with two attached hydrogens (primary N) is 1. The molecular weight excluding hydrogens is 260 g/mol. The van der Waals surface area contributed by atoms with Crippen molar-refractivity contribution in [2.24, 2.45) is 11.7 Å². The van der Waals surface area contributed by atoms with Gasteiger partial charge in [-0.05, 0) is 51.5 Å².